The van der Waals surface area contributed by atoms with Crippen molar-refractivity contribution in [2.45, 2.75) is 44.1 Å². The maximum Gasteiger partial charge on any atom is 0.324 e. The van der Waals surface area contributed by atoms with Crippen molar-refractivity contribution in [2.75, 3.05) is 13.1 Å². The van der Waals surface area contributed by atoms with Crippen molar-refractivity contribution in [1.29, 1.82) is 0 Å². The lowest BCUT2D eigenvalue weighted by atomic mass is 9.79. The summed E-state index contributed by atoms with van der Waals surface area (Å²) in [6.45, 7) is 1.98. The molecule has 0 bridgehead atoms. The topological polar surface area (TPSA) is 40.5 Å². The number of nitrogens with zero attached hydrogens (tertiary/aromatic N) is 1. The molecule has 74 valence electrons. The van der Waals surface area contributed by atoms with Gasteiger partial charge in [0, 0.05) is 13.1 Å². The second-order valence-corrected chi connectivity index (χ2v) is 4.24. The fraction of sp³-hybridized carbons (Fsp3) is 0.900. The lowest BCUT2D eigenvalue weighted by Gasteiger charge is -2.47. The van der Waals surface area contributed by atoms with E-state index in [2.05, 4.69) is 4.90 Å². The van der Waals surface area contributed by atoms with E-state index in [4.69, 9.17) is 0 Å². The highest BCUT2D eigenvalue weighted by Gasteiger charge is 2.46. The Morgan fingerprint density at radius 3 is 2.08 bits per heavy atom. The zero-order chi connectivity index (χ0) is 9.31. The van der Waals surface area contributed by atoms with E-state index in [0.717, 1.165) is 38.8 Å². The van der Waals surface area contributed by atoms with Crippen LogP contribution < -0.4 is 0 Å². The largest absolute Gasteiger partial charge is 0.480 e. The highest BCUT2D eigenvalue weighted by molar-refractivity contribution is 5.79. The molecule has 3 heteroatoms. The van der Waals surface area contributed by atoms with Gasteiger partial charge in [-0.2, -0.15) is 0 Å². The number of carbonyl (C=O) groups is 1. The second-order valence-electron chi connectivity index (χ2n) is 4.24. The summed E-state index contributed by atoms with van der Waals surface area (Å²) < 4.78 is 0. The van der Waals surface area contributed by atoms with Crippen LogP contribution in [0.3, 0.4) is 0 Å². The fourth-order valence-electron chi connectivity index (χ4n) is 2.55. The standard InChI is InChI=1S/C10H17NO2/c12-9(13)10(11-7-4-8-11)5-2-1-3-6-10/h1-8H2,(H,12,13). The molecule has 0 aromatic heterocycles. The molecule has 1 heterocycles. The van der Waals surface area contributed by atoms with Crippen molar-refractivity contribution < 1.29 is 9.90 Å². The van der Waals surface area contributed by atoms with E-state index in [1.807, 2.05) is 0 Å². The van der Waals surface area contributed by atoms with Crippen molar-refractivity contribution in [1.82, 2.24) is 4.90 Å². The molecular weight excluding hydrogens is 166 g/mol. The molecule has 1 aliphatic carbocycles. The minimum absolute atomic E-state index is 0.476. The molecular formula is C10H17NO2. The Bertz CT molecular complexity index is 205. The lowest BCUT2D eigenvalue weighted by molar-refractivity contribution is -0.157. The third-order valence-electron chi connectivity index (χ3n) is 3.54. The Morgan fingerprint density at radius 2 is 1.69 bits per heavy atom. The van der Waals surface area contributed by atoms with Crippen LogP contribution in [-0.4, -0.2) is 34.6 Å². The number of carboxylic acid groups (broad SMARTS) is 1. The molecule has 2 aliphatic rings. The van der Waals surface area contributed by atoms with Gasteiger partial charge in [0.1, 0.15) is 5.54 Å². The van der Waals surface area contributed by atoms with Crippen LogP contribution in [0.15, 0.2) is 0 Å². The molecule has 2 fully saturated rings. The van der Waals surface area contributed by atoms with Crippen LogP contribution in [0.5, 0.6) is 0 Å². The van der Waals surface area contributed by atoms with Crippen molar-refractivity contribution in [3.8, 4) is 0 Å². The van der Waals surface area contributed by atoms with Crippen LogP contribution in [0.4, 0.5) is 0 Å². The van der Waals surface area contributed by atoms with Gasteiger partial charge in [0.25, 0.3) is 0 Å². The summed E-state index contributed by atoms with van der Waals surface area (Å²) in [6, 6.07) is 0. The Morgan fingerprint density at radius 1 is 1.08 bits per heavy atom. The first-order valence-corrected chi connectivity index (χ1v) is 5.24. The molecule has 0 unspecified atom stereocenters. The van der Waals surface area contributed by atoms with E-state index in [9.17, 15) is 9.90 Å². The highest BCUT2D eigenvalue weighted by atomic mass is 16.4. The smallest absolute Gasteiger partial charge is 0.324 e. The summed E-state index contributed by atoms with van der Waals surface area (Å²) in [5.41, 5.74) is -0.476. The van der Waals surface area contributed by atoms with Crippen LogP contribution in [-0.2, 0) is 4.79 Å². The zero-order valence-electron chi connectivity index (χ0n) is 7.96. The maximum atomic E-state index is 11.3. The van der Waals surface area contributed by atoms with Gasteiger partial charge in [-0.1, -0.05) is 19.3 Å². The summed E-state index contributed by atoms with van der Waals surface area (Å²) in [5, 5.41) is 9.28. The number of aliphatic carboxylic acids is 1. The van der Waals surface area contributed by atoms with E-state index in [1.54, 1.807) is 0 Å². The SMILES string of the molecule is O=C(O)C1(N2CCC2)CCCCC1. The van der Waals surface area contributed by atoms with Gasteiger partial charge in [-0.3, -0.25) is 9.69 Å². The molecule has 2 rings (SSSR count). The molecule has 1 N–H and O–H groups in total. The van der Waals surface area contributed by atoms with Crippen molar-refractivity contribution in [3.63, 3.8) is 0 Å². The minimum atomic E-state index is -0.591. The van der Waals surface area contributed by atoms with E-state index in [0.29, 0.717) is 0 Å². The van der Waals surface area contributed by atoms with Crippen molar-refractivity contribution >= 4 is 5.97 Å². The Labute approximate surface area is 78.7 Å². The van der Waals surface area contributed by atoms with Gasteiger partial charge in [0.15, 0.2) is 0 Å². The summed E-state index contributed by atoms with van der Waals surface area (Å²) in [5.74, 6) is -0.591. The first-order chi connectivity index (χ1) is 6.26. The molecule has 1 saturated heterocycles. The number of carboxylic acids is 1. The Balaban J connectivity index is 2.12. The maximum absolute atomic E-state index is 11.3. The van der Waals surface area contributed by atoms with E-state index >= 15 is 0 Å². The van der Waals surface area contributed by atoms with Crippen LogP contribution in [0.1, 0.15) is 38.5 Å². The predicted octanol–water partition coefficient (Wildman–Crippen LogP) is 1.48. The molecule has 0 radical (unpaired) electrons. The van der Waals surface area contributed by atoms with E-state index < -0.39 is 11.5 Å². The second kappa shape index (κ2) is 3.29. The Hall–Kier alpha value is -0.570. The molecule has 0 aromatic carbocycles. The normalized spacial score (nSPS) is 28.0. The van der Waals surface area contributed by atoms with Crippen molar-refractivity contribution in [2.24, 2.45) is 0 Å². The number of hydrogen-bond donors (Lipinski definition) is 1. The molecule has 1 aliphatic heterocycles. The van der Waals surface area contributed by atoms with Gasteiger partial charge >= 0.3 is 5.97 Å². The number of hydrogen-bond acceptors (Lipinski definition) is 2. The average Bonchev–Trinajstić information content (AvgIpc) is 2.02. The zero-order valence-corrected chi connectivity index (χ0v) is 7.96. The third-order valence-corrected chi connectivity index (χ3v) is 3.54. The van der Waals surface area contributed by atoms with Gasteiger partial charge < -0.3 is 5.11 Å². The third kappa shape index (κ3) is 1.35. The fourth-order valence-corrected chi connectivity index (χ4v) is 2.55. The molecule has 0 spiro atoms. The highest BCUT2D eigenvalue weighted by Crippen LogP contribution is 2.36. The predicted molar refractivity (Wildman–Crippen MR) is 49.6 cm³/mol. The summed E-state index contributed by atoms with van der Waals surface area (Å²) in [6.07, 6.45) is 6.29. The average molecular weight is 183 g/mol. The van der Waals surface area contributed by atoms with Crippen LogP contribution in [0.2, 0.25) is 0 Å². The van der Waals surface area contributed by atoms with E-state index in [-0.39, 0.29) is 0 Å². The monoisotopic (exact) mass is 183 g/mol. The molecule has 0 amide bonds. The van der Waals surface area contributed by atoms with Gasteiger partial charge in [-0.05, 0) is 19.3 Å². The van der Waals surface area contributed by atoms with Gasteiger partial charge in [-0.15, -0.1) is 0 Å². The van der Waals surface area contributed by atoms with Gasteiger partial charge in [0.05, 0.1) is 0 Å². The Kier molecular flexibility index (Phi) is 2.28. The summed E-state index contributed by atoms with van der Waals surface area (Å²) in [4.78, 5) is 13.4. The lowest BCUT2D eigenvalue weighted by Crippen LogP contribution is -2.60. The quantitative estimate of drug-likeness (QED) is 0.705. The number of rotatable bonds is 2. The number of likely N-dealkylation sites (tertiary alicyclic amines) is 1. The molecule has 0 atom stereocenters. The summed E-state index contributed by atoms with van der Waals surface area (Å²) >= 11 is 0. The first-order valence-electron chi connectivity index (χ1n) is 5.24. The summed E-state index contributed by atoms with van der Waals surface area (Å²) in [7, 11) is 0. The van der Waals surface area contributed by atoms with Crippen LogP contribution in [0, 0.1) is 0 Å². The molecule has 3 nitrogen and oxygen atoms in total. The van der Waals surface area contributed by atoms with E-state index in [1.165, 1.54) is 12.8 Å². The molecule has 1 saturated carbocycles. The van der Waals surface area contributed by atoms with Gasteiger partial charge in [0.2, 0.25) is 0 Å². The first kappa shape index (κ1) is 9.00. The van der Waals surface area contributed by atoms with Gasteiger partial charge in [-0.25, -0.2) is 0 Å². The molecule has 0 aromatic rings. The van der Waals surface area contributed by atoms with Crippen LogP contribution in [0.25, 0.3) is 0 Å². The van der Waals surface area contributed by atoms with Crippen LogP contribution >= 0.6 is 0 Å². The molecule has 13 heavy (non-hydrogen) atoms. The minimum Gasteiger partial charge on any atom is -0.480 e. The van der Waals surface area contributed by atoms with Crippen molar-refractivity contribution in [3.05, 3.63) is 0 Å².